The van der Waals surface area contributed by atoms with Gasteiger partial charge in [0.05, 0.1) is 5.92 Å². The molecule has 5 heteroatoms. The molecule has 0 unspecified atom stereocenters. The molecular weight excluding hydrogens is 319 g/mol. The number of benzene rings is 1. The van der Waals surface area contributed by atoms with Gasteiger partial charge in [0.25, 0.3) is 0 Å². The van der Waals surface area contributed by atoms with Gasteiger partial charge < -0.3 is 9.80 Å². The molecule has 0 aromatic heterocycles. The lowest BCUT2D eigenvalue weighted by atomic mass is 9.94. The Bertz CT molecular complexity index is 611. The van der Waals surface area contributed by atoms with Gasteiger partial charge in [-0.3, -0.25) is 9.59 Å². The largest absolute Gasteiger partial charge is 0.342 e. The van der Waals surface area contributed by atoms with Crippen molar-refractivity contribution in [1.29, 1.82) is 0 Å². The van der Waals surface area contributed by atoms with Crippen molar-refractivity contribution in [3.8, 4) is 0 Å². The molecule has 0 saturated carbocycles. The highest BCUT2D eigenvalue weighted by molar-refractivity contribution is 5.84. The van der Waals surface area contributed by atoms with Crippen LogP contribution in [0.1, 0.15) is 50.5 Å². The van der Waals surface area contributed by atoms with Crippen LogP contribution in [-0.2, 0) is 16.1 Å². The number of carbonyl (C=O) groups excluding carboxylic acids is 2. The third-order valence-corrected chi connectivity index (χ3v) is 5.34. The maximum absolute atomic E-state index is 13.9. The van der Waals surface area contributed by atoms with Crippen molar-refractivity contribution in [2.75, 3.05) is 19.6 Å². The van der Waals surface area contributed by atoms with E-state index in [1.165, 1.54) is 25.3 Å². The van der Waals surface area contributed by atoms with Gasteiger partial charge in [-0.15, -0.1) is 0 Å². The Balaban J connectivity index is 1.64. The van der Waals surface area contributed by atoms with E-state index in [9.17, 15) is 14.0 Å². The molecule has 2 fully saturated rings. The number of amides is 2. The summed E-state index contributed by atoms with van der Waals surface area (Å²) in [6.07, 6.45) is 6.75. The highest BCUT2D eigenvalue weighted by atomic mass is 19.1. The van der Waals surface area contributed by atoms with Crippen LogP contribution in [0.4, 0.5) is 4.39 Å². The summed E-state index contributed by atoms with van der Waals surface area (Å²) in [6.45, 7) is 2.31. The molecule has 2 aliphatic rings. The molecule has 2 saturated heterocycles. The van der Waals surface area contributed by atoms with Crippen LogP contribution in [-0.4, -0.2) is 41.2 Å². The minimum atomic E-state index is -0.299. The molecule has 2 aliphatic heterocycles. The predicted molar refractivity (Wildman–Crippen MR) is 94.2 cm³/mol. The fraction of sp³-hybridized carbons (Fsp3) is 0.600. The van der Waals surface area contributed by atoms with E-state index in [1.54, 1.807) is 23.1 Å². The van der Waals surface area contributed by atoms with Crippen LogP contribution in [0, 0.1) is 11.7 Å². The van der Waals surface area contributed by atoms with Gasteiger partial charge in [-0.25, -0.2) is 4.39 Å². The summed E-state index contributed by atoms with van der Waals surface area (Å²) in [6, 6.07) is 6.53. The van der Waals surface area contributed by atoms with E-state index in [1.807, 2.05) is 4.90 Å². The van der Waals surface area contributed by atoms with E-state index in [2.05, 4.69) is 0 Å². The van der Waals surface area contributed by atoms with Gasteiger partial charge in [-0.05, 0) is 25.3 Å². The number of hydrogen-bond donors (Lipinski definition) is 0. The maximum Gasteiger partial charge on any atom is 0.227 e. The summed E-state index contributed by atoms with van der Waals surface area (Å²) >= 11 is 0. The van der Waals surface area contributed by atoms with Gasteiger partial charge in [0.2, 0.25) is 11.8 Å². The van der Waals surface area contributed by atoms with E-state index >= 15 is 0 Å². The lowest BCUT2D eigenvalue weighted by Gasteiger charge is -2.35. The average molecular weight is 346 g/mol. The molecule has 0 N–H and O–H groups in total. The van der Waals surface area contributed by atoms with Crippen molar-refractivity contribution in [3.05, 3.63) is 35.6 Å². The molecule has 1 aromatic carbocycles. The third kappa shape index (κ3) is 4.59. The molecule has 136 valence electrons. The predicted octanol–water partition coefficient (Wildman–Crippen LogP) is 3.36. The second-order valence-corrected chi connectivity index (χ2v) is 7.19. The molecule has 1 aromatic rings. The molecule has 0 aliphatic carbocycles. The van der Waals surface area contributed by atoms with Crippen LogP contribution in [0.25, 0.3) is 0 Å². The highest BCUT2D eigenvalue weighted by Gasteiger charge is 2.33. The fourth-order valence-electron chi connectivity index (χ4n) is 3.83. The molecule has 25 heavy (non-hydrogen) atoms. The summed E-state index contributed by atoms with van der Waals surface area (Å²) < 4.78 is 13.9. The van der Waals surface area contributed by atoms with Crippen molar-refractivity contribution in [2.45, 2.75) is 51.5 Å². The van der Waals surface area contributed by atoms with Gasteiger partial charge in [-0.2, -0.15) is 0 Å². The quantitative estimate of drug-likeness (QED) is 0.842. The second-order valence-electron chi connectivity index (χ2n) is 7.19. The van der Waals surface area contributed by atoms with Crippen molar-refractivity contribution in [2.24, 2.45) is 5.92 Å². The summed E-state index contributed by atoms with van der Waals surface area (Å²) in [5.41, 5.74) is 0.509. The molecule has 2 heterocycles. The lowest BCUT2D eigenvalue weighted by molar-refractivity contribution is -0.143. The Morgan fingerprint density at radius 3 is 2.48 bits per heavy atom. The van der Waals surface area contributed by atoms with E-state index < -0.39 is 0 Å². The van der Waals surface area contributed by atoms with E-state index in [0.29, 0.717) is 24.9 Å². The number of rotatable bonds is 3. The summed E-state index contributed by atoms with van der Waals surface area (Å²) in [5.74, 6) is -0.260. The normalized spacial score (nSPS) is 22.4. The van der Waals surface area contributed by atoms with Gasteiger partial charge >= 0.3 is 0 Å². The molecule has 1 atom stereocenters. The number of hydrogen-bond acceptors (Lipinski definition) is 2. The topological polar surface area (TPSA) is 40.6 Å². The number of piperidine rings is 1. The van der Waals surface area contributed by atoms with Gasteiger partial charge in [0.15, 0.2) is 0 Å². The molecule has 3 rings (SSSR count). The molecular formula is C20H27FN2O2. The van der Waals surface area contributed by atoms with Crippen molar-refractivity contribution in [3.63, 3.8) is 0 Å². The van der Waals surface area contributed by atoms with Crippen molar-refractivity contribution in [1.82, 2.24) is 9.80 Å². The van der Waals surface area contributed by atoms with Crippen LogP contribution in [0.5, 0.6) is 0 Å². The Morgan fingerprint density at radius 2 is 1.76 bits per heavy atom. The number of nitrogens with zero attached hydrogens (tertiary/aromatic N) is 2. The van der Waals surface area contributed by atoms with Crippen molar-refractivity contribution >= 4 is 11.8 Å². The minimum absolute atomic E-state index is 0.0139. The van der Waals surface area contributed by atoms with Gasteiger partial charge in [0.1, 0.15) is 5.82 Å². The molecule has 0 bridgehead atoms. The number of halogens is 1. The summed E-state index contributed by atoms with van der Waals surface area (Å²) in [7, 11) is 0. The maximum atomic E-state index is 13.9. The first-order chi connectivity index (χ1) is 12.1. The van der Waals surface area contributed by atoms with Gasteiger partial charge in [0, 0.05) is 38.2 Å². The monoisotopic (exact) mass is 346 g/mol. The Kier molecular flexibility index (Phi) is 6.05. The lowest BCUT2D eigenvalue weighted by Crippen LogP contribution is -2.47. The first-order valence-electron chi connectivity index (χ1n) is 9.45. The zero-order valence-corrected chi connectivity index (χ0v) is 14.8. The van der Waals surface area contributed by atoms with Crippen molar-refractivity contribution < 1.29 is 14.0 Å². The Labute approximate surface area is 149 Å². The van der Waals surface area contributed by atoms with E-state index in [0.717, 1.165) is 25.9 Å². The second kappa shape index (κ2) is 8.45. The SMILES string of the molecule is O=C1CC[C@@H](C(=O)N2CCCCCCC2)CN1Cc1ccccc1F. The zero-order valence-electron chi connectivity index (χ0n) is 14.8. The van der Waals surface area contributed by atoms with Crippen LogP contribution < -0.4 is 0 Å². The minimum Gasteiger partial charge on any atom is -0.342 e. The number of carbonyl (C=O) groups is 2. The van der Waals surface area contributed by atoms with Crippen LogP contribution in [0.2, 0.25) is 0 Å². The number of likely N-dealkylation sites (tertiary alicyclic amines) is 2. The Hall–Kier alpha value is -1.91. The van der Waals surface area contributed by atoms with Crippen LogP contribution >= 0.6 is 0 Å². The molecule has 2 amide bonds. The zero-order chi connectivity index (χ0) is 17.6. The molecule has 0 radical (unpaired) electrons. The molecule has 4 nitrogen and oxygen atoms in total. The smallest absolute Gasteiger partial charge is 0.227 e. The standard InChI is InChI=1S/C20H27FN2O2/c21-18-9-5-4-8-16(18)14-23-15-17(10-11-19(23)24)20(25)22-12-6-2-1-3-7-13-22/h4-5,8-9,17H,1-3,6-7,10-15H2/t17-/m1/s1. The van der Waals surface area contributed by atoms with E-state index in [-0.39, 0.29) is 30.1 Å². The van der Waals surface area contributed by atoms with Crippen LogP contribution in [0.3, 0.4) is 0 Å². The summed E-state index contributed by atoms with van der Waals surface area (Å²) in [4.78, 5) is 28.8. The highest BCUT2D eigenvalue weighted by Crippen LogP contribution is 2.23. The van der Waals surface area contributed by atoms with E-state index in [4.69, 9.17) is 0 Å². The van der Waals surface area contributed by atoms with Crippen LogP contribution in [0.15, 0.2) is 24.3 Å². The first kappa shape index (κ1) is 17.9. The summed E-state index contributed by atoms with van der Waals surface area (Å²) in [5, 5.41) is 0. The third-order valence-electron chi connectivity index (χ3n) is 5.34. The average Bonchev–Trinajstić information content (AvgIpc) is 2.58. The van der Waals surface area contributed by atoms with Gasteiger partial charge in [-0.1, -0.05) is 37.5 Å². The fourth-order valence-corrected chi connectivity index (χ4v) is 3.83. The molecule has 0 spiro atoms. The Morgan fingerprint density at radius 1 is 1.08 bits per heavy atom. The first-order valence-corrected chi connectivity index (χ1v) is 9.45.